The lowest BCUT2D eigenvalue weighted by Gasteiger charge is -2.34. The summed E-state index contributed by atoms with van der Waals surface area (Å²) in [4.78, 5) is 34.4. The van der Waals surface area contributed by atoms with Crippen LogP contribution in [0.25, 0.3) is 0 Å². The Bertz CT molecular complexity index is 717. The van der Waals surface area contributed by atoms with Crippen LogP contribution in [0.15, 0.2) is 17.1 Å². The van der Waals surface area contributed by atoms with Gasteiger partial charge in [0, 0.05) is 39.3 Å². The standard InChI is InChI=1S/C25H41N5O2.HI/c1-4-26-25(27-9-5-6-11-29-15-17(2)13-18(3)16-29)28-10-12-30-23(31)21-19-7-8-20(14-19)22(21)24(30)32;/h7-8,17-22H,4-6,9-16H2,1-3H3,(H2,26,27,28);1H. The fourth-order valence-corrected chi connectivity index (χ4v) is 6.43. The van der Waals surface area contributed by atoms with Gasteiger partial charge in [0.15, 0.2) is 5.96 Å². The maximum atomic E-state index is 12.8. The van der Waals surface area contributed by atoms with Crippen LogP contribution in [0.5, 0.6) is 0 Å². The minimum atomic E-state index is -0.106. The molecule has 0 aromatic carbocycles. The van der Waals surface area contributed by atoms with Gasteiger partial charge in [-0.15, -0.1) is 24.0 Å². The molecule has 2 saturated heterocycles. The Labute approximate surface area is 216 Å². The van der Waals surface area contributed by atoms with Crippen LogP contribution in [0.1, 0.15) is 46.5 Å². The molecule has 1 saturated carbocycles. The summed E-state index contributed by atoms with van der Waals surface area (Å²) in [5.41, 5.74) is 0. The topological polar surface area (TPSA) is 77.0 Å². The molecule has 2 aliphatic carbocycles. The van der Waals surface area contributed by atoms with Gasteiger partial charge in [0.2, 0.25) is 11.8 Å². The van der Waals surface area contributed by atoms with Gasteiger partial charge in [-0.05, 0) is 62.8 Å². The summed E-state index contributed by atoms with van der Waals surface area (Å²) in [7, 11) is 0. The van der Waals surface area contributed by atoms with Crippen molar-refractivity contribution in [2.75, 3.05) is 45.8 Å². The lowest BCUT2D eigenvalue weighted by Crippen LogP contribution is -2.43. The number of imide groups is 1. The van der Waals surface area contributed by atoms with E-state index in [1.54, 1.807) is 0 Å². The molecular weight excluding hydrogens is 529 g/mol. The quantitative estimate of drug-likeness (QED) is 0.111. The molecule has 2 bridgehead atoms. The van der Waals surface area contributed by atoms with E-state index in [1.165, 1.54) is 24.4 Å². The number of allylic oxidation sites excluding steroid dienone is 2. The van der Waals surface area contributed by atoms with Crippen LogP contribution in [-0.4, -0.2) is 73.4 Å². The molecule has 7 nitrogen and oxygen atoms in total. The van der Waals surface area contributed by atoms with E-state index in [2.05, 4.69) is 41.5 Å². The number of halogens is 1. The molecule has 0 aromatic heterocycles. The van der Waals surface area contributed by atoms with E-state index in [0.29, 0.717) is 13.1 Å². The van der Waals surface area contributed by atoms with Gasteiger partial charge < -0.3 is 15.5 Å². The number of aliphatic imine (C=N–C) groups is 1. The highest BCUT2D eigenvalue weighted by molar-refractivity contribution is 14.0. The molecule has 186 valence electrons. The summed E-state index contributed by atoms with van der Waals surface area (Å²) in [6.07, 6.45) is 8.84. The minimum absolute atomic E-state index is 0. The van der Waals surface area contributed by atoms with Crippen molar-refractivity contribution >= 4 is 41.8 Å². The fraction of sp³-hybridized carbons (Fsp3) is 0.800. The van der Waals surface area contributed by atoms with Crippen LogP contribution in [0, 0.1) is 35.5 Å². The lowest BCUT2D eigenvalue weighted by atomic mass is 9.85. The fourth-order valence-electron chi connectivity index (χ4n) is 6.43. The number of likely N-dealkylation sites (tertiary alicyclic amines) is 2. The van der Waals surface area contributed by atoms with Crippen molar-refractivity contribution in [3.8, 4) is 0 Å². The van der Waals surface area contributed by atoms with Crippen LogP contribution < -0.4 is 10.6 Å². The number of rotatable bonds is 9. The molecule has 2 heterocycles. The molecule has 2 N–H and O–H groups in total. The van der Waals surface area contributed by atoms with Crippen molar-refractivity contribution < 1.29 is 9.59 Å². The summed E-state index contributed by atoms with van der Waals surface area (Å²) < 4.78 is 0. The van der Waals surface area contributed by atoms with E-state index < -0.39 is 0 Å². The van der Waals surface area contributed by atoms with Crippen molar-refractivity contribution in [1.29, 1.82) is 0 Å². The molecule has 3 fully saturated rings. The third-order valence-corrected chi connectivity index (χ3v) is 7.63. The van der Waals surface area contributed by atoms with Gasteiger partial charge in [-0.25, -0.2) is 0 Å². The summed E-state index contributed by atoms with van der Waals surface area (Å²) in [6.45, 7) is 12.9. The molecule has 4 rings (SSSR count). The first-order valence-electron chi connectivity index (χ1n) is 12.8. The zero-order chi connectivity index (χ0) is 22.7. The predicted molar refractivity (Wildman–Crippen MR) is 142 cm³/mol. The summed E-state index contributed by atoms with van der Waals surface area (Å²) in [5, 5.41) is 6.59. The van der Waals surface area contributed by atoms with Crippen LogP contribution in [0.4, 0.5) is 0 Å². The summed E-state index contributed by atoms with van der Waals surface area (Å²) in [5.74, 6) is 2.78. The van der Waals surface area contributed by atoms with E-state index in [1.807, 2.05) is 6.92 Å². The number of nitrogens with one attached hydrogen (secondary N) is 2. The smallest absolute Gasteiger partial charge is 0.233 e. The molecule has 6 atom stereocenters. The van der Waals surface area contributed by atoms with Crippen molar-refractivity contribution in [2.45, 2.75) is 46.5 Å². The van der Waals surface area contributed by atoms with Crippen molar-refractivity contribution in [3.05, 3.63) is 12.2 Å². The first-order valence-corrected chi connectivity index (χ1v) is 12.8. The molecule has 0 radical (unpaired) electrons. The van der Waals surface area contributed by atoms with Gasteiger partial charge in [0.25, 0.3) is 0 Å². The number of carbonyl (C=O) groups is 2. The van der Waals surface area contributed by atoms with E-state index in [4.69, 9.17) is 4.99 Å². The van der Waals surface area contributed by atoms with Crippen LogP contribution in [-0.2, 0) is 9.59 Å². The predicted octanol–water partition coefficient (Wildman–Crippen LogP) is 2.72. The van der Waals surface area contributed by atoms with E-state index in [0.717, 1.165) is 56.7 Å². The van der Waals surface area contributed by atoms with E-state index in [9.17, 15) is 9.59 Å². The maximum Gasteiger partial charge on any atom is 0.233 e. The zero-order valence-corrected chi connectivity index (χ0v) is 22.8. The Morgan fingerprint density at radius 3 is 2.21 bits per heavy atom. The monoisotopic (exact) mass is 571 g/mol. The highest BCUT2D eigenvalue weighted by atomic mass is 127. The number of guanidine groups is 1. The molecule has 33 heavy (non-hydrogen) atoms. The number of hydrogen-bond donors (Lipinski definition) is 2. The molecule has 0 aromatic rings. The number of hydrogen-bond acceptors (Lipinski definition) is 4. The molecule has 8 heteroatoms. The Kier molecular flexibility index (Phi) is 9.62. The second-order valence-electron chi connectivity index (χ2n) is 10.4. The van der Waals surface area contributed by atoms with Crippen molar-refractivity contribution in [2.24, 2.45) is 40.5 Å². The van der Waals surface area contributed by atoms with E-state index >= 15 is 0 Å². The first-order chi connectivity index (χ1) is 15.5. The molecule has 2 amide bonds. The van der Waals surface area contributed by atoms with E-state index in [-0.39, 0.29) is 59.5 Å². The molecule has 0 spiro atoms. The van der Waals surface area contributed by atoms with Crippen LogP contribution in [0.2, 0.25) is 0 Å². The number of carbonyl (C=O) groups excluding carboxylic acids is 2. The zero-order valence-electron chi connectivity index (χ0n) is 20.5. The van der Waals surface area contributed by atoms with Crippen LogP contribution >= 0.6 is 24.0 Å². The van der Waals surface area contributed by atoms with Gasteiger partial charge in [-0.3, -0.25) is 19.5 Å². The van der Waals surface area contributed by atoms with Crippen molar-refractivity contribution in [1.82, 2.24) is 20.4 Å². The largest absolute Gasteiger partial charge is 0.357 e. The average molecular weight is 572 g/mol. The average Bonchev–Trinajstić information content (AvgIpc) is 3.42. The minimum Gasteiger partial charge on any atom is -0.357 e. The SMILES string of the molecule is CCNC(=NCCCCN1CC(C)CC(C)C1)NCCN1C(=O)C2C3C=CC(C3)C2C1=O.I. The van der Waals surface area contributed by atoms with Gasteiger partial charge in [-0.2, -0.15) is 0 Å². The van der Waals surface area contributed by atoms with Gasteiger partial charge >= 0.3 is 0 Å². The normalized spacial score (nSPS) is 33.4. The number of fused-ring (bicyclic) bond motifs is 5. The molecule has 2 aliphatic heterocycles. The van der Waals surface area contributed by atoms with Gasteiger partial charge in [-0.1, -0.05) is 26.0 Å². The summed E-state index contributed by atoms with van der Waals surface area (Å²) >= 11 is 0. The lowest BCUT2D eigenvalue weighted by molar-refractivity contribution is -0.140. The Morgan fingerprint density at radius 2 is 1.61 bits per heavy atom. The van der Waals surface area contributed by atoms with Crippen LogP contribution in [0.3, 0.4) is 0 Å². The van der Waals surface area contributed by atoms with Crippen molar-refractivity contribution in [3.63, 3.8) is 0 Å². The Hall–Kier alpha value is -1.16. The molecule has 4 aliphatic rings. The third kappa shape index (κ3) is 6.10. The number of amides is 2. The van der Waals surface area contributed by atoms with Gasteiger partial charge in [0.1, 0.15) is 0 Å². The Balaban J connectivity index is 0.00000306. The highest BCUT2D eigenvalue weighted by Crippen LogP contribution is 2.52. The second kappa shape index (κ2) is 12.0. The second-order valence-corrected chi connectivity index (χ2v) is 10.4. The highest BCUT2D eigenvalue weighted by Gasteiger charge is 2.58. The van der Waals surface area contributed by atoms with Gasteiger partial charge in [0.05, 0.1) is 11.8 Å². The Morgan fingerprint density at radius 1 is 0.970 bits per heavy atom. The molecule has 6 unspecified atom stereocenters. The molecular formula is C25H42IN5O2. The maximum absolute atomic E-state index is 12.8. The number of piperidine rings is 1. The number of unbranched alkanes of at least 4 members (excludes halogenated alkanes) is 1. The summed E-state index contributed by atoms with van der Waals surface area (Å²) in [6, 6.07) is 0. The number of nitrogens with zero attached hydrogens (tertiary/aromatic N) is 3. The first kappa shape index (κ1) is 26.4. The third-order valence-electron chi connectivity index (χ3n) is 7.63.